The first-order chi connectivity index (χ1) is 12.8. The molecule has 0 aliphatic rings. The van der Waals surface area contributed by atoms with E-state index in [4.69, 9.17) is 21.1 Å². The standard InChI is InChI=1S/C19H23ClN2O4S/c1-11(2)9-21-18(23)13(4)26-19(24)17-12(3)22-16(27-17)10-25-15-7-5-14(20)6-8-15/h5-8,11,13H,9-10H2,1-4H3,(H,21,23). The molecule has 0 aliphatic heterocycles. The number of aryl methyl sites for hydroxylation is 1. The first-order valence-corrected chi connectivity index (χ1v) is 9.79. The topological polar surface area (TPSA) is 77.5 Å². The molecular weight excluding hydrogens is 388 g/mol. The summed E-state index contributed by atoms with van der Waals surface area (Å²) in [6, 6.07) is 6.99. The van der Waals surface area contributed by atoms with Crippen LogP contribution in [0.3, 0.4) is 0 Å². The molecule has 0 fully saturated rings. The van der Waals surface area contributed by atoms with Crippen molar-refractivity contribution in [1.82, 2.24) is 10.3 Å². The Morgan fingerprint density at radius 3 is 2.52 bits per heavy atom. The smallest absolute Gasteiger partial charge is 0.351 e. The molecule has 146 valence electrons. The normalized spacial score (nSPS) is 11.9. The second-order valence-corrected chi connectivity index (χ2v) is 7.97. The zero-order chi connectivity index (χ0) is 20.0. The number of thiazole rings is 1. The number of aromatic nitrogens is 1. The highest BCUT2D eigenvalue weighted by Crippen LogP contribution is 2.22. The van der Waals surface area contributed by atoms with Gasteiger partial charge in [0.05, 0.1) is 5.69 Å². The zero-order valence-electron chi connectivity index (χ0n) is 15.7. The van der Waals surface area contributed by atoms with Crippen LogP contribution in [0, 0.1) is 12.8 Å². The van der Waals surface area contributed by atoms with Crippen molar-refractivity contribution < 1.29 is 19.1 Å². The van der Waals surface area contributed by atoms with Gasteiger partial charge < -0.3 is 14.8 Å². The molecule has 0 spiro atoms. The van der Waals surface area contributed by atoms with Crippen LogP contribution in [-0.4, -0.2) is 29.5 Å². The molecule has 1 aromatic carbocycles. The minimum absolute atomic E-state index is 0.227. The maximum absolute atomic E-state index is 12.4. The van der Waals surface area contributed by atoms with E-state index >= 15 is 0 Å². The van der Waals surface area contributed by atoms with Crippen molar-refractivity contribution in [2.75, 3.05) is 6.54 Å². The van der Waals surface area contributed by atoms with E-state index in [1.807, 2.05) is 13.8 Å². The van der Waals surface area contributed by atoms with Gasteiger partial charge in [0.15, 0.2) is 6.10 Å². The fourth-order valence-electron chi connectivity index (χ4n) is 2.10. The molecule has 0 saturated heterocycles. The minimum atomic E-state index is -0.869. The lowest BCUT2D eigenvalue weighted by Crippen LogP contribution is -2.37. The average molecular weight is 411 g/mol. The fraction of sp³-hybridized carbons (Fsp3) is 0.421. The van der Waals surface area contributed by atoms with Gasteiger partial charge in [0.2, 0.25) is 0 Å². The third-order valence-electron chi connectivity index (χ3n) is 3.54. The Morgan fingerprint density at radius 1 is 1.22 bits per heavy atom. The average Bonchev–Trinajstić information content (AvgIpc) is 3.00. The summed E-state index contributed by atoms with van der Waals surface area (Å²) in [5.41, 5.74) is 0.550. The molecule has 2 rings (SSSR count). The van der Waals surface area contributed by atoms with Crippen molar-refractivity contribution in [2.24, 2.45) is 5.92 Å². The molecule has 6 nitrogen and oxygen atoms in total. The number of hydrogen-bond acceptors (Lipinski definition) is 6. The molecule has 0 aliphatic carbocycles. The van der Waals surface area contributed by atoms with Crippen LogP contribution in [0.2, 0.25) is 5.02 Å². The van der Waals surface area contributed by atoms with Gasteiger partial charge in [-0.15, -0.1) is 11.3 Å². The van der Waals surface area contributed by atoms with Gasteiger partial charge >= 0.3 is 5.97 Å². The van der Waals surface area contributed by atoms with Crippen LogP contribution in [0.15, 0.2) is 24.3 Å². The molecule has 1 N–H and O–H groups in total. The summed E-state index contributed by atoms with van der Waals surface area (Å²) in [6.07, 6.45) is -0.869. The number of nitrogens with one attached hydrogen (secondary N) is 1. The predicted octanol–water partition coefficient (Wildman–Crippen LogP) is 4.00. The second kappa shape index (κ2) is 9.71. The monoisotopic (exact) mass is 410 g/mol. The largest absolute Gasteiger partial charge is 0.486 e. The molecule has 1 heterocycles. The number of nitrogens with zero attached hydrogens (tertiary/aromatic N) is 1. The fourth-order valence-corrected chi connectivity index (χ4v) is 3.08. The lowest BCUT2D eigenvalue weighted by molar-refractivity contribution is -0.129. The van der Waals surface area contributed by atoms with Crippen molar-refractivity contribution in [3.8, 4) is 5.75 Å². The maximum atomic E-state index is 12.4. The van der Waals surface area contributed by atoms with Crippen LogP contribution in [0.25, 0.3) is 0 Å². The van der Waals surface area contributed by atoms with Gasteiger partial charge in [-0.05, 0) is 44.0 Å². The van der Waals surface area contributed by atoms with Gasteiger partial charge in [-0.1, -0.05) is 25.4 Å². The van der Waals surface area contributed by atoms with E-state index in [9.17, 15) is 9.59 Å². The predicted molar refractivity (Wildman–Crippen MR) is 105 cm³/mol. The molecule has 2 aromatic rings. The van der Waals surface area contributed by atoms with Gasteiger partial charge in [-0.2, -0.15) is 0 Å². The number of halogens is 1. The van der Waals surface area contributed by atoms with Gasteiger partial charge in [-0.3, -0.25) is 4.79 Å². The van der Waals surface area contributed by atoms with Crippen LogP contribution < -0.4 is 10.1 Å². The van der Waals surface area contributed by atoms with E-state index < -0.39 is 12.1 Å². The SMILES string of the molecule is Cc1nc(COc2ccc(Cl)cc2)sc1C(=O)OC(C)C(=O)NCC(C)C. The molecule has 1 unspecified atom stereocenters. The van der Waals surface area contributed by atoms with E-state index in [1.54, 1.807) is 38.1 Å². The number of benzene rings is 1. The lowest BCUT2D eigenvalue weighted by atomic mass is 10.2. The molecule has 1 aromatic heterocycles. The van der Waals surface area contributed by atoms with Crippen LogP contribution in [0.4, 0.5) is 0 Å². The van der Waals surface area contributed by atoms with Gasteiger partial charge in [-0.25, -0.2) is 9.78 Å². The summed E-state index contributed by atoms with van der Waals surface area (Å²) in [5.74, 6) is 0.107. The Hall–Kier alpha value is -2.12. The van der Waals surface area contributed by atoms with Crippen molar-refractivity contribution in [1.29, 1.82) is 0 Å². The summed E-state index contributed by atoms with van der Waals surface area (Å²) in [4.78, 5) is 29.0. The Labute approximate surface area is 167 Å². The first-order valence-electron chi connectivity index (χ1n) is 8.59. The summed E-state index contributed by atoms with van der Waals surface area (Å²) >= 11 is 7.03. The highest BCUT2D eigenvalue weighted by Gasteiger charge is 2.22. The van der Waals surface area contributed by atoms with Gasteiger partial charge in [0, 0.05) is 11.6 Å². The molecular formula is C19H23ClN2O4S. The summed E-state index contributed by atoms with van der Waals surface area (Å²) in [5, 5.41) is 4.02. The summed E-state index contributed by atoms with van der Waals surface area (Å²) < 4.78 is 10.9. The Kier molecular flexibility index (Phi) is 7.62. The Balaban J connectivity index is 1.93. The number of hydrogen-bond donors (Lipinski definition) is 1. The molecule has 1 amide bonds. The lowest BCUT2D eigenvalue weighted by Gasteiger charge is -2.14. The van der Waals surface area contributed by atoms with Gasteiger partial charge in [0.25, 0.3) is 5.91 Å². The van der Waals surface area contributed by atoms with Gasteiger partial charge in [0.1, 0.15) is 22.2 Å². The summed E-state index contributed by atoms with van der Waals surface area (Å²) in [6.45, 7) is 8.02. The van der Waals surface area contributed by atoms with E-state index in [2.05, 4.69) is 10.3 Å². The highest BCUT2D eigenvalue weighted by molar-refractivity contribution is 7.13. The zero-order valence-corrected chi connectivity index (χ0v) is 17.3. The third-order valence-corrected chi connectivity index (χ3v) is 4.90. The number of rotatable bonds is 8. The number of amides is 1. The number of ether oxygens (including phenoxy) is 2. The number of esters is 1. The third kappa shape index (κ3) is 6.52. The number of carbonyl (C=O) groups is 2. The van der Waals surface area contributed by atoms with E-state index in [0.29, 0.717) is 38.8 Å². The summed E-state index contributed by atoms with van der Waals surface area (Å²) in [7, 11) is 0. The van der Waals surface area contributed by atoms with Crippen LogP contribution in [0.1, 0.15) is 41.1 Å². The molecule has 27 heavy (non-hydrogen) atoms. The molecule has 8 heteroatoms. The highest BCUT2D eigenvalue weighted by atomic mass is 35.5. The number of carbonyl (C=O) groups excluding carboxylic acids is 2. The van der Waals surface area contributed by atoms with Crippen molar-refractivity contribution >= 4 is 34.8 Å². The first kappa shape index (κ1) is 21.2. The maximum Gasteiger partial charge on any atom is 0.351 e. The molecule has 0 bridgehead atoms. The van der Waals surface area contributed by atoms with Crippen LogP contribution in [-0.2, 0) is 16.1 Å². The van der Waals surface area contributed by atoms with Crippen LogP contribution >= 0.6 is 22.9 Å². The quantitative estimate of drug-likeness (QED) is 0.665. The van der Waals surface area contributed by atoms with E-state index in [0.717, 1.165) is 0 Å². The van der Waals surface area contributed by atoms with E-state index in [-0.39, 0.29) is 12.5 Å². The van der Waals surface area contributed by atoms with Crippen molar-refractivity contribution in [3.05, 3.63) is 44.9 Å². The molecule has 1 atom stereocenters. The molecule has 0 saturated carbocycles. The Morgan fingerprint density at radius 2 is 1.89 bits per heavy atom. The Bertz CT molecular complexity index is 790. The molecule has 0 radical (unpaired) electrons. The van der Waals surface area contributed by atoms with Crippen molar-refractivity contribution in [3.63, 3.8) is 0 Å². The minimum Gasteiger partial charge on any atom is -0.486 e. The van der Waals surface area contributed by atoms with Crippen molar-refractivity contribution in [2.45, 2.75) is 40.4 Å². The van der Waals surface area contributed by atoms with Crippen LogP contribution in [0.5, 0.6) is 5.75 Å². The van der Waals surface area contributed by atoms with E-state index in [1.165, 1.54) is 11.3 Å². The second-order valence-electron chi connectivity index (χ2n) is 6.45.